The molecule has 0 aromatic carbocycles. The summed E-state index contributed by atoms with van der Waals surface area (Å²) in [7, 11) is 0. The first-order valence-corrected chi connectivity index (χ1v) is 6.57. The fourth-order valence-electron chi connectivity index (χ4n) is 2.56. The highest BCUT2D eigenvalue weighted by Crippen LogP contribution is 2.28. The molecule has 0 bridgehead atoms. The Balaban J connectivity index is 2.24. The molecule has 1 heterocycles. The number of H-pyrrole nitrogens is 1. The zero-order valence-electron chi connectivity index (χ0n) is 11.1. The second-order valence-corrected chi connectivity index (χ2v) is 5.01. The van der Waals surface area contributed by atoms with Crippen LogP contribution in [-0.4, -0.2) is 27.5 Å². The van der Waals surface area contributed by atoms with E-state index in [1.165, 1.54) is 18.2 Å². The van der Waals surface area contributed by atoms with Crippen molar-refractivity contribution in [2.45, 2.75) is 37.6 Å². The number of aromatic amines is 1. The molecule has 0 atom stereocenters. The van der Waals surface area contributed by atoms with Crippen LogP contribution in [0.25, 0.3) is 0 Å². The van der Waals surface area contributed by atoms with Crippen molar-refractivity contribution in [3.8, 4) is 0 Å². The molecule has 0 aliphatic heterocycles. The second-order valence-electron chi connectivity index (χ2n) is 5.01. The number of carbonyl (C=O) groups is 1. The Bertz CT molecular complexity index is 573. The van der Waals surface area contributed by atoms with E-state index in [4.69, 9.17) is 10.9 Å². The molecule has 7 heteroatoms. The molecule has 1 aliphatic carbocycles. The fraction of sp³-hybridized carbons (Fsp3) is 0.462. The number of nitrogens with zero attached hydrogens (tertiary/aromatic N) is 1. The SMILES string of the molecule is N/C(=N/O)C1(NC(=O)c2cccc(=O)[nH]2)CCCCC1. The number of amides is 1. The van der Waals surface area contributed by atoms with E-state index in [-0.39, 0.29) is 17.1 Å². The van der Waals surface area contributed by atoms with Gasteiger partial charge in [-0.05, 0) is 18.9 Å². The van der Waals surface area contributed by atoms with Crippen LogP contribution >= 0.6 is 0 Å². The van der Waals surface area contributed by atoms with Crippen LogP contribution < -0.4 is 16.6 Å². The summed E-state index contributed by atoms with van der Waals surface area (Å²) < 4.78 is 0. The number of aromatic nitrogens is 1. The van der Waals surface area contributed by atoms with Gasteiger partial charge in [0.05, 0.1) is 0 Å². The maximum Gasteiger partial charge on any atom is 0.268 e. The number of nitrogens with one attached hydrogen (secondary N) is 2. The van der Waals surface area contributed by atoms with Crippen LogP contribution in [0, 0.1) is 0 Å². The molecule has 2 rings (SSSR count). The number of pyridine rings is 1. The smallest absolute Gasteiger partial charge is 0.268 e. The second kappa shape index (κ2) is 5.77. The zero-order valence-corrected chi connectivity index (χ0v) is 11.1. The third kappa shape index (κ3) is 2.81. The molecular formula is C13H18N4O3. The topological polar surface area (TPSA) is 121 Å². The molecule has 20 heavy (non-hydrogen) atoms. The van der Waals surface area contributed by atoms with Crippen LogP contribution in [0.5, 0.6) is 0 Å². The molecular weight excluding hydrogens is 260 g/mol. The van der Waals surface area contributed by atoms with Crippen molar-refractivity contribution in [1.29, 1.82) is 0 Å². The van der Waals surface area contributed by atoms with Crippen LogP contribution in [0.3, 0.4) is 0 Å². The Kier molecular flexibility index (Phi) is 4.07. The average molecular weight is 278 g/mol. The van der Waals surface area contributed by atoms with E-state index in [1.54, 1.807) is 0 Å². The van der Waals surface area contributed by atoms with Gasteiger partial charge in [-0.25, -0.2) is 0 Å². The number of hydrogen-bond acceptors (Lipinski definition) is 4. The van der Waals surface area contributed by atoms with Gasteiger partial charge in [-0.15, -0.1) is 0 Å². The van der Waals surface area contributed by atoms with E-state index in [9.17, 15) is 9.59 Å². The van der Waals surface area contributed by atoms with E-state index in [0.717, 1.165) is 19.3 Å². The van der Waals surface area contributed by atoms with Crippen molar-refractivity contribution >= 4 is 11.7 Å². The lowest BCUT2D eigenvalue weighted by atomic mass is 9.80. The molecule has 0 saturated heterocycles. The lowest BCUT2D eigenvalue weighted by Crippen LogP contribution is -2.58. The van der Waals surface area contributed by atoms with Crippen molar-refractivity contribution in [2.24, 2.45) is 10.9 Å². The first kappa shape index (κ1) is 14.1. The quantitative estimate of drug-likeness (QED) is 0.279. The average Bonchev–Trinajstić information content (AvgIpc) is 2.47. The number of amidine groups is 1. The van der Waals surface area contributed by atoms with Gasteiger partial charge in [-0.3, -0.25) is 9.59 Å². The number of oxime groups is 1. The summed E-state index contributed by atoms with van der Waals surface area (Å²) in [6, 6.07) is 4.35. The predicted molar refractivity (Wildman–Crippen MR) is 73.8 cm³/mol. The number of nitrogens with two attached hydrogens (primary N) is 1. The van der Waals surface area contributed by atoms with E-state index in [0.29, 0.717) is 12.8 Å². The van der Waals surface area contributed by atoms with E-state index < -0.39 is 11.4 Å². The van der Waals surface area contributed by atoms with Gasteiger partial charge in [0.15, 0.2) is 5.84 Å². The summed E-state index contributed by atoms with van der Waals surface area (Å²) in [5.41, 5.74) is 4.73. The Morgan fingerprint density at radius 1 is 1.35 bits per heavy atom. The van der Waals surface area contributed by atoms with Crippen molar-refractivity contribution < 1.29 is 10.0 Å². The minimum absolute atomic E-state index is 0.00354. The van der Waals surface area contributed by atoms with Crippen LogP contribution in [0.1, 0.15) is 42.6 Å². The summed E-state index contributed by atoms with van der Waals surface area (Å²) >= 11 is 0. The Hall–Kier alpha value is -2.31. The van der Waals surface area contributed by atoms with E-state index in [1.807, 2.05) is 0 Å². The molecule has 1 aromatic rings. The molecule has 0 unspecified atom stereocenters. The normalized spacial score (nSPS) is 18.5. The predicted octanol–water partition coefficient (Wildman–Crippen LogP) is 0.554. The highest BCUT2D eigenvalue weighted by atomic mass is 16.4. The fourth-order valence-corrected chi connectivity index (χ4v) is 2.56. The highest BCUT2D eigenvalue weighted by molar-refractivity contribution is 5.99. The van der Waals surface area contributed by atoms with Crippen LogP contribution in [0.2, 0.25) is 0 Å². The first-order chi connectivity index (χ1) is 9.57. The first-order valence-electron chi connectivity index (χ1n) is 6.57. The summed E-state index contributed by atoms with van der Waals surface area (Å²) in [5.74, 6) is -0.431. The van der Waals surface area contributed by atoms with Gasteiger partial charge in [-0.1, -0.05) is 30.5 Å². The van der Waals surface area contributed by atoms with Crippen LogP contribution in [0.4, 0.5) is 0 Å². The molecule has 108 valence electrons. The summed E-state index contributed by atoms with van der Waals surface area (Å²) in [4.78, 5) is 25.9. The highest BCUT2D eigenvalue weighted by Gasteiger charge is 2.38. The van der Waals surface area contributed by atoms with Gasteiger partial charge in [0.1, 0.15) is 11.2 Å². The maximum atomic E-state index is 12.2. The number of carbonyl (C=O) groups excluding carboxylic acids is 1. The molecule has 0 spiro atoms. The lowest BCUT2D eigenvalue weighted by Gasteiger charge is -2.36. The molecule has 0 radical (unpaired) electrons. The summed E-state index contributed by atoms with van der Waals surface area (Å²) in [6.07, 6.45) is 4.07. The Labute approximate surface area is 115 Å². The zero-order chi connectivity index (χ0) is 14.6. The van der Waals surface area contributed by atoms with Gasteiger partial charge >= 0.3 is 0 Å². The summed E-state index contributed by atoms with van der Waals surface area (Å²) in [6.45, 7) is 0. The molecule has 1 fully saturated rings. The Morgan fingerprint density at radius 2 is 2.05 bits per heavy atom. The van der Waals surface area contributed by atoms with E-state index in [2.05, 4.69) is 15.5 Å². The van der Waals surface area contributed by atoms with Crippen LogP contribution in [-0.2, 0) is 0 Å². The van der Waals surface area contributed by atoms with Gasteiger partial charge in [0.2, 0.25) is 5.56 Å². The number of rotatable bonds is 3. The van der Waals surface area contributed by atoms with Crippen molar-refractivity contribution in [3.05, 3.63) is 34.2 Å². The van der Waals surface area contributed by atoms with E-state index >= 15 is 0 Å². The van der Waals surface area contributed by atoms with Crippen molar-refractivity contribution in [3.63, 3.8) is 0 Å². The van der Waals surface area contributed by atoms with Crippen LogP contribution in [0.15, 0.2) is 28.1 Å². The molecule has 1 amide bonds. The summed E-state index contributed by atoms with van der Waals surface area (Å²) in [5, 5.41) is 14.8. The van der Waals surface area contributed by atoms with Gasteiger partial charge in [-0.2, -0.15) is 0 Å². The van der Waals surface area contributed by atoms with Crippen molar-refractivity contribution in [1.82, 2.24) is 10.3 Å². The monoisotopic (exact) mass is 278 g/mol. The molecule has 1 aliphatic rings. The molecule has 5 N–H and O–H groups in total. The molecule has 1 aromatic heterocycles. The third-order valence-electron chi connectivity index (χ3n) is 3.67. The maximum absolute atomic E-state index is 12.2. The largest absolute Gasteiger partial charge is 0.409 e. The van der Waals surface area contributed by atoms with Gasteiger partial charge in [0.25, 0.3) is 5.91 Å². The van der Waals surface area contributed by atoms with Crippen molar-refractivity contribution in [2.75, 3.05) is 0 Å². The number of hydrogen-bond donors (Lipinski definition) is 4. The third-order valence-corrected chi connectivity index (χ3v) is 3.67. The Morgan fingerprint density at radius 3 is 2.65 bits per heavy atom. The van der Waals surface area contributed by atoms with Gasteiger partial charge in [0, 0.05) is 6.07 Å². The lowest BCUT2D eigenvalue weighted by molar-refractivity contribution is 0.0900. The minimum atomic E-state index is -0.836. The standard InChI is InChI=1S/C13H18N4O3/c14-12(17-20)13(7-2-1-3-8-13)16-11(19)9-5-4-6-10(18)15-9/h4-6,20H,1-3,7-8H2,(H2,14,17)(H,15,18)(H,16,19). The molecule has 1 saturated carbocycles. The molecule has 7 nitrogen and oxygen atoms in total. The minimum Gasteiger partial charge on any atom is -0.409 e. The van der Waals surface area contributed by atoms with Gasteiger partial charge < -0.3 is 21.2 Å².